The van der Waals surface area contributed by atoms with Gasteiger partial charge in [-0.05, 0) is 49.4 Å². The summed E-state index contributed by atoms with van der Waals surface area (Å²) >= 11 is 3.27. The van der Waals surface area contributed by atoms with Crippen LogP contribution in [0.3, 0.4) is 0 Å². The minimum Gasteiger partial charge on any atom is -0.393 e. The zero-order valence-corrected chi connectivity index (χ0v) is 10.5. The maximum Gasteiger partial charge on any atom is 0.124 e. The summed E-state index contributed by atoms with van der Waals surface area (Å²) in [4.78, 5) is 0. The van der Waals surface area contributed by atoms with Gasteiger partial charge < -0.3 is 10.8 Å². The van der Waals surface area contributed by atoms with Crippen molar-refractivity contribution in [2.75, 3.05) is 0 Å². The van der Waals surface area contributed by atoms with Crippen molar-refractivity contribution in [3.8, 4) is 0 Å². The van der Waals surface area contributed by atoms with Crippen molar-refractivity contribution in [3.05, 3.63) is 34.1 Å². The molecule has 2 nitrogen and oxygen atoms in total. The van der Waals surface area contributed by atoms with Crippen molar-refractivity contribution < 1.29 is 9.50 Å². The predicted octanol–water partition coefficient (Wildman–Crippen LogP) is 2.68. The molecular weight excluding hydrogens is 273 g/mol. The number of nitrogens with two attached hydrogens (primary N) is 1. The Morgan fingerprint density at radius 1 is 1.31 bits per heavy atom. The van der Waals surface area contributed by atoms with E-state index in [1.54, 1.807) is 0 Å². The molecule has 0 aliphatic heterocycles. The van der Waals surface area contributed by atoms with E-state index in [-0.39, 0.29) is 11.9 Å². The smallest absolute Gasteiger partial charge is 0.124 e. The van der Waals surface area contributed by atoms with E-state index in [1.807, 2.05) is 6.07 Å². The van der Waals surface area contributed by atoms with Gasteiger partial charge in [0.15, 0.2) is 0 Å². The number of aliphatic hydroxyl groups is 1. The van der Waals surface area contributed by atoms with E-state index in [4.69, 9.17) is 5.73 Å². The lowest BCUT2D eigenvalue weighted by molar-refractivity contribution is 0.0968. The van der Waals surface area contributed by atoms with Gasteiger partial charge in [0.2, 0.25) is 0 Å². The predicted molar refractivity (Wildman–Crippen MR) is 64.4 cm³/mol. The minimum absolute atomic E-state index is 0.256. The molecule has 1 saturated carbocycles. The van der Waals surface area contributed by atoms with E-state index in [2.05, 4.69) is 15.9 Å². The van der Waals surface area contributed by atoms with Crippen LogP contribution in [0.15, 0.2) is 22.7 Å². The van der Waals surface area contributed by atoms with Crippen molar-refractivity contribution in [2.24, 2.45) is 5.73 Å². The quantitative estimate of drug-likeness (QED) is 0.834. The first kappa shape index (κ1) is 12.0. The average Bonchev–Trinajstić information content (AvgIpc) is 2.21. The monoisotopic (exact) mass is 287 g/mol. The van der Waals surface area contributed by atoms with Gasteiger partial charge in [-0.2, -0.15) is 0 Å². The van der Waals surface area contributed by atoms with Crippen LogP contribution in [0.2, 0.25) is 0 Å². The van der Waals surface area contributed by atoms with E-state index >= 15 is 0 Å². The molecule has 1 aromatic rings. The third kappa shape index (κ3) is 2.44. The highest BCUT2D eigenvalue weighted by Crippen LogP contribution is 2.36. The second-order valence-electron chi connectivity index (χ2n) is 4.55. The van der Waals surface area contributed by atoms with Gasteiger partial charge in [0.05, 0.1) is 6.10 Å². The maximum absolute atomic E-state index is 13.3. The normalized spacial score (nSPS) is 30.4. The molecule has 3 N–H and O–H groups in total. The standard InChI is InChI=1S/C12H15BrFNO/c13-9-5-8(6-10(14)7-9)12(15)3-1-11(16)2-4-12/h5-7,11,16H,1-4,15H2. The average molecular weight is 288 g/mol. The van der Waals surface area contributed by atoms with E-state index in [1.165, 1.54) is 12.1 Å². The highest BCUT2D eigenvalue weighted by Gasteiger charge is 2.33. The van der Waals surface area contributed by atoms with Crippen molar-refractivity contribution in [2.45, 2.75) is 37.3 Å². The largest absolute Gasteiger partial charge is 0.393 e. The van der Waals surface area contributed by atoms with Gasteiger partial charge in [-0.3, -0.25) is 0 Å². The van der Waals surface area contributed by atoms with E-state index < -0.39 is 5.54 Å². The van der Waals surface area contributed by atoms with Crippen molar-refractivity contribution in [3.63, 3.8) is 0 Å². The van der Waals surface area contributed by atoms with E-state index in [0.717, 1.165) is 5.56 Å². The van der Waals surface area contributed by atoms with Crippen LogP contribution in [0.4, 0.5) is 4.39 Å². The Morgan fingerprint density at radius 2 is 1.94 bits per heavy atom. The van der Waals surface area contributed by atoms with Crippen LogP contribution in [-0.2, 0) is 5.54 Å². The van der Waals surface area contributed by atoms with Crippen LogP contribution in [0.25, 0.3) is 0 Å². The summed E-state index contributed by atoms with van der Waals surface area (Å²) < 4.78 is 14.0. The Hall–Kier alpha value is -0.450. The summed E-state index contributed by atoms with van der Waals surface area (Å²) in [5, 5.41) is 9.46. The van der Waals surface area contributed by atoms with Crippen LogP contribution in [0, 0.1) is 5.82 Å². The second kappa shape index (κ2) is 4.43. The first-order valence-corrected chi connectivity index (χ1v) is 6.22. The second-order valence-corrected chi connectivity index (χ2v) is 5.46. The number of hydrogen-bond donors (Lipinski definition) is 2. The molecular formula is C12H15BrFNO. The third-order valence-electron chi connectivity index (χ3n) is 3.28. The van der Waals surface area contributed by atoms with Crippen LogP contribution in [0.1, 0.15) is 31.2 Å². The molecule has 16 heavy (non-hydrogen) atoms. The fourth-order valence-electron chi connectivity index (χ4n) is 2.25. The van der Waals surface area contributed by atoms with Crippen LogP contribution < -0.4 is 5.73 Å². The molecule has 0 radical (unpaired) electrons. The van der Waals surface area contributed by atoms with Gasteiger partial charge in [-0.15, -0.1) is 0 Å². The number of halogens is 2. The van der Waals surface area contributed by atoms with Crippen LogP contribution in [-0.4, -0.2) is 11.2 Å². The molecule has 1 aliphatic rings. The highest BCUT2D eigenvalue weighted by molar-refractivity contribution is 9.10. The van der Waals surface area contributed by atoms with Gasteiger partial charge in [-0.25, -0.2) is 4.39 Å². The molecule has 4 heteroatoms. The Labute approximate surface area is 103 Å². The van der Waals surface area contributed by atoms with Gasteiger partial charge in [0.25, 0.3) is 0 Å². The van der Waals surface area contributed by atoms with Gasteiger partial charge >= 0.3 is 0 Å². The van der Waals surface area contributed by atoms with E-state index in [9.17, 15) is 9.50 Å². The molecule has 0 saturated heterocycles. The molecule has 1 aliphatic carbocycles. The van der Waals surface area contributed by atoms with Crippen molar-refractivity contribution in [1.82, 2.24) is 0 Å². The number of benzene rings is 1. The Kier molecular flexibility index (Phi) is 3.33. The lowest BCUT2D eigenvalue weighted by Gasteiger charge is -2.36. The Bertz CT molecular complexity index is 368. The number of aliphatic hydroxyl groups excluding tert-OH is 1. The summed E-state index contributed by atoms with van der Waals surface area (Å²) in [5.74, 6) is -0.277. The zero-order valence-electron chi connectivity index (χ0n) is 8.92. The lowest BCUT2D eigenvalue weighted by atomic mass is 9.76. The zero-order chi connectivity index (χ0) is 11.8. The molecule has 0 unspecified atom stereocenters. The van der Waals surface area contributed by atoms with Gasteiger partial charge in [-0.1, -0.05) is 15.9 Å². The fourth-order valence-corrected chi connectivity index (χ4v) is 2.71. The molecule has 88 valence electrons. The summed E-state index contributed by atoms with van der Waals surface area (Å²) in [5.41, 5.74) is 6.60. The lowest BCUT2D eigenvalue weighted by Crippen LogP contribution is -2.41. The van der Waals surface area contributed by atoms with E-state index in [0.29, 0.717) is 30.2 Å². The minimum atomic E-state index is -0.496. The molecule has 0 spiro atoms. The SMILES string of the molecule is NC1(c2cc(F)cc(Br)c2)CCC(O)CC1. The number of rotatable bonds is 1. The highest BCUT2D eigenvalue weighted by atomic mass is 79.9. The molecule has 0 aromatic heterocycles. The molecule has 0 bridgehead atoms. The molecule has 2 rings (SSSR count). The topological polar surface area (TPSA) is 46.2 Å². The van der Waals surface area contributed by atoms with Crippen LogP contribution in [0.5, 0.6) is 0 Å². The van der Waals surface area contributed by atoms with Crippen molar-refractivity contribution in [1.29, 1.82) is 0 Å². The molecule has 0 heterocycles. The molecule has 1 fully saturated rings. The Balaban J connectivity index is 2.28. The summed E-state index contributed by atoms with van der Waals surface area (Å²) in [6.07, 6.45) is 2.51. The first-order chi connectivity index (χ1) is 7.49. The molecule has 0 amide bonds. The maximum atomic E-state index is 13.3. The Morgan fingerprint density at radius 3 is 2.50 bits per heavy atom. The van der Waals surface area contributed by atoms with Crippen LogP contribution >= 0.6 is 15.9 Å². The number of hydrogen-bond acceptors (Lipinski definition) is 2. The first-order valence-electron chi connectivity index (χ1n) is 5.43. The van der Waals surface area contributed by atoms with Gasteiger partial charge in [0, 0.05) is 10.0 Å². The summed E-state index contributed by atoms with van der Waals surface area (Å²) in [6.45, 7) is 0. The third-order valence-corrected chi connectivity index (χ3v) is 3.74. The summed E-state index contributed by atoms with van der Waals surface area (Å²) in [6, 6.07) is 4.77. The van der Waals surface area contributed by atoms with Gasteiger partial charge in [0.1, 0.15) is 5.82 Å². The molecule has 1 aromatic carbocycles. The van der Waals surface area contributed by atoms with Crippen molar-refractivity contribution >= 4 is 15.9 Å². The summed E-state index contributed by atoms with van der Waals surface area (Å²) in [7, 11) is 0. The molecule has 0 atom stereocenters. The fraction of sp³-hybridized carbons (Fsp3) is 0.500.